The lowest BCUT2D eigenvalue weighted by Gasteiger charge is -2.13. The number of nitro groups is 1. The Morgan fingerprint density at radius 2 is 2.17 bits per heavy atom. The number of benzene rings is 1. The molecule has 5 nitrogen and oxygen atoms in total. The van der Waals surface area contributed by atoms with Crippen LogP contribution in [0.25, 0.3) is 0 Å². The Bertz CT molecular complexity index is 466. The number of nitro benzene ring substituents is 1. The van der Waals surface area contributed by atoms with Gasteiger partial charge in [-0.2, -0.15) is 0 Å². The van der Waals surface area contributed by atoms with E-state index in [1.165, 1.54) is 0 Å². The van der Waals surface area contributed by atoms with E-state index >= 15 is 0 Å². The van der Waals surface area contributed by atoms with Crippen molar-refractivity contribution in [2.45, 2.75) is 25.3 Å². The summed E-state index contributed by atoms with van der Waals surface area (Å²) in [7, 11) is 0. The van der Waals surface area contributed by atoms with Gasteiger partial charge in [-0.15, -0.1) is 12.4 Å². The summed E-state index contributed by atoms with van der Waals surface area (Å²) in [5, 5.41) is 20.1. The Morgan fingerprint density at radius 3 is 2.67 bits per heavy atom. The van der Waals surface area contributed by atoms with E-state index in [2.05, 4.69) is 0 Å². The van der Waals surface area contributed by atoms with E-state index in [1.54, 1.807) is 0 Å². The number of nitrogens with zero attached hydrogens (tertiary/aromatic N) is 1. The third-order valence-corrected chi connectivity index (χ3v) is 2.97. The third-order valence-electron chi connectivity index (χ3n) is 2.97. The van der Waals surface area contributed by atoms with Gasteiger partial charge in [-0.05, 0) is 12.3 Å². The molecule has 7 heteroatoms. The molecule has 0 saturated heterocycles. The van der Waals surface area contributed by atoms with E-state index in [0.717, 1.165) is 18.9 Å². The summed E-state index contributed by atoms with van der Waals surface area (Å²) >= 11 is 0. The summed E-state index contributed by atoms with van der Waals surface area (Å²) < 4.78 is 13.3. The van der Waals surface area contributed by atoms with Gasteiger partial charge in [-0.25, -0.2) is 4.39 Å². The zero-order valence-corrected chi connectivity index (χ0v) is 10.3. The number of phenols is 1. The van der Waals surface area contributed by atoms with Crippen molar-refractivity contribution in [1.82, 2.24) is 0 Å². The second-order valence-electron chi connectivity index (χ2n) is 4.41. The molecule has 0 aromatic heterocycles. The maximum Gasteiger partial charge on any atom is 0.272 e. The van der Waals surface area contributed by atoms with Crippen LogP contribution in [0.3, 0.4) is 0 Å². The molecule has 100 valence electrons. The summed E-state index contributed by atoms with van der Waals surface area (Å²) in [6.07, 6.45) is 2.77. The molecule has 1 aliphatic carbocycles. The van der Waals surface area contributed by atoms with E-state index in [9.17, 15) is 19.6 Å². The van der Waals surface area contributed by atoms with Crippen molar-refractivity contribution in [1.29, 1.82) is 0 Å². The van der Waals surface area contributed by atoms with Crippen molar-refractivity contribution >= 4 is 18.1 Å². The molecule has 0 aliphatic heterocycles. The normalized spacial score (nSPS) is 15.9. The summed E-state index contributed by atoms with van der Waals surface area (Å²) in [4.78, 5) is 9.89. The maximum atomic E-state index is 13.3. The summed E-state index contributed by atoms with van der Waals surface area (Å²) in [6, 6.07) is 1.28. The number of aromatic hydroxyl groups is 1. The number of halogens is 2. The van der Waals surface area contributed by atoms with Gasteiger partial charge < -0.3 is 10.8 Å². The number of nitrogens with two attached hydrogens (primary N) is 1. The molecular weight excluding hydrogens is 263 g/mol. The molecule has 1 aromatic rings. The minimum Gasteiger partial charge on any atom is -0.505 e. The van der Waals surface area contributed by atoms with Crippen molar-refractivity contribution in [2.24, 2.45) is 11.7 Å². The number of hydrogen-bond donors (Lipinski definition) is 2. The topological polar surface area (TPSA) is 89.4 Å². The average molecular weight is 277 g/mol. The van der Waals surface area contributed by atoms with Crippen LogP contribution >= 0.6 is 12.4 Å². The molecular formula is C11H14ClFN2O3. The lowest BCUT2D eigenvalue weighted by atomic mass is 10.0. The molecule has 0 radical (unpaired) electrons. The second-order valence-corrected chi connectivity index (χ2v) is 4.41. The molecule has 0 bridgehead atoms. The van der Waals surface area contributed by atoms with Crippen LogP contribution in [0.4, 0.5) is 10.1 Å². The Morgan fingerprint density at radius 1 is 1.56 bits per heavy atom. The van der Waals surface area contributed by atoms with Crippen molar-refractivity contribution in [3.05, 3.63) is 33.6 Å². The molecule has 1 aliphatic rings. The van der Waals surface area contributed by atoms with Gasteiger partial charge in [0.1, 0.15) is 0 Å². The standard InChI is InChI=1S/C11H13FN2O3.ClH/c12-9-5-7(14(16)17)4-8(11(9)15)10(13)3-6-1-2-6;/h4-6,10,15H,1-3,13H2;1H/t10-;/m0./s1. The first-order chi connectivity index (χ1) is 7.99. The fourth-order valence-corrected chi connectivity index (χ4v) is 1.83. The molecule has 0 spiro atoms. The van der Waals surface area contributed by atoms with Gasteiger partial charge in [0.05, 0.1) is 11.0 Å². The zero-order chi connectivity index (χ0) is 12.6. The predicted molar refractivity (Wildman–Crippen MR) is 66.2 cm³/mol. The Labute approximate surface area is 109 Å². The zero-order valence-electron chi connectivity index (χ0n) is 9.51. The van der Waals surface area contributed by atoms with Crippen molar-refractivity contribution in [3.63, 3.8) is 0 Å². The van der Waals surface area contributed by atoms with Crippen LogP contribution in [0.1, 0.15) is 30.9 Å². The van der Waals surface area contributed by atoms with E-state index in [0.29, 0.717) is 18.4 Å². The SMILES string of the molecule is Cl.N[C@@H](CC1CC1)c1cc([N+](=O)[O-])cc(F)c1O. The van der Waals surface area contributed by atoms with E-state index < -0.39 is 22.5 Å². The molecule has 1 saturated carbocycles. The number of non-ortho nitro benzene ring substituents is 1. The highest BCUT2D eigenvalue weighted by atomic mass is 35.5. The van der Waals surface area contributed by atoms with Crippen molar-refractivity contribution in [2.75, 3.05) is 0 Å². The van der Waals surface area contributed by atoms with Crippen LogP contribution in [-0.4, -0.2) is 10.0 Å². The van der Waals surface area contributed by atoms with Crippen LogP contribution in [0.5, 0.6) is 5.75 Å². The molecule has 3 N–H and O–H groups in total. The first kappa shape index (κ1) is 14.7. The van der Waals surface area contributed by atoms with Crippen molar-refractivity contribution in [3.8, 4) is 5.75 Å². The average Bonchev–Trinajstić information content (AvgIpc) is 3.05. The van der Waals surface area contributed by atoms with Crippen LogP contribution in [0, 0.1) is 21.8 Å². The summed E-state index contributed by atoms with van der Waals surface area (Å²) in [6.45, 7) is 0. The monoisotopic (exact) mass is 276 g/mol. The minimum atomic E-state index is -1.000. The van der Waals surface area contributed by atoms with E-state index in [1.807, 2.05) is 0 Å². The Balaban J connectivity index is 0.00000162. The first-order valence-electron chi connectivity index (χ1n) is 5.41. The largest absolute Gasteiger partial charge is 0.505 e. The Kier molecular flexibility index (Phi) is 4.48. The van der Waals surface area contributed by atoms with Crippen LogP contribution < -0.4 is 5.73 Å². The number of phenolic OH excluding ortho intramolecular Hbond substituents is 1. The number of rotatable bonds is 4. The molecule has 18 heavy (non-hydrogen) atoms. The second kappa shape index (κ2) is 5.49. The first-order valence-corrected chi connectivity index (χ1v) is 5.41. The van der Waals surface area contributed by atoms with Crippen molar-refractivity contribution < 1.29 is 14.4 Å². The van der Waals surface area contributed by atoms with Gasteiger partial charge >= 0.3 is 0 Å². The van der Waals surface area contributed by atoms with Gasteiger partial charge in [-0.1, -0.05) is 12.8 Å². The molecule has 2 rings (SSSR count). The molecule has 1 aromatic carbocycles. The van der Waals surface area contributed by atoms with Gasteiger partial charge in [0.2, 0.25) is 0 Å². The fraction of sp³-hybridized carbons (Fsp3) is 0.455. The van der Waals surface area contributed by atoms with Crippen LogP contribution in [0.2, 0.25) is 0 Å². The molecule has 0 heterocycles. The summed E-state index contributed by atoms with van der Waals surface area (Å²) in [5.41, 5.74) is 5.55. The molecule has 1 atom stereocenters. The fourth-order valence-electron chi connectivity index (χ4n) is 1.83. The highest BCUT2D eigenvalue weighted by molar-refractivity contribution is 5.85. The summed E-state index contributed by atoms with van der Waals surface area (Å²) in [5.74, 6) is -1.09. The third kappa shape index (κ3) is 3.08. The lowest BCUT2D eigenvalue weighted by molar-refractivity contribution is -0.385. The predicted octanol–water partition coefficient (Wildman–Crippen LogP) is 2.66. The van der Waals surface area contributed by atoms with Crippen LogP contribution in [0.15, 0.2) is 12.1 Å². The van der Waals surface area contributed by atoms with E-state index in [4.69, 9.17) is 5.73 Å². The van der Waals surface area contributed by atoms with Gasteiger partial charge in [0, 0.05) is 17.7 Å². The quantitative estimate of drug-likeness (QED) is 0.653. The highest BCUT2D eigenvalue weighted by Crippen LogP contribution is 2.39. The van der Waals surface area contributed by atoms with E-state index in [-0.39, 0.29) is 23.7 Å². The maximum absolute atomic E-state index is 13.3. The molecule has 0 unspecified atom stereocenters. The van der Waals surface area contributed by atoms with Crippen LogP contribution in [-0.2, 0) is 0 Å². The molecule has 1 fully saturated rings. The molecule has 0 amide bonds. The number of hydrogen-bond acceptors (Lipinski definition) is 4. The van der Waals surface area contributed by atoms with Gasteiger partial charge in [0.25, 0.3) is 5.69 Å². The highest BCUT2D eigenvalue weighted by Gasteiger charge is 2.27. The smallest absolute Gasteiger partial charge is 0.272 e. The van der Waals surface area contributed by atoms with Gasteiger partial charge in [-0.3, -0.25) is 10.1 Å². The van der Waals surface area contributed by atoms with Gasteiger partial charge in [0.15, 0.2) is 11.6 Å². The Hall–Kier alpha value is -1.40. The minimum absolute atomic E-state index is 0. The lowest BCUT2D eigenvalue weighted by Crippen LogP contribution is -2.12.